The Bertz CT molecular complexity index is 854. The number of nitrogens with zero attached hydrogens (tertiary/aromatic N) is 1. The second-order valence-electron chi connectivity index (χ2n) is 5.01. The lowest BCUT2D eigenvalue weighted by Gasteiger charge is -2.07. The molecule has 124 valence electrons. The summed E-state index contributed by atoms with van der Waals surface area (Å²) in [5.74, 6) is -1.15. The number of nitro groups is 1. The molecule has 24 heavy (non-hydrogen) atoms. The molecule has 0 saturated carbocycles. The van der Waals surface area contributed by atoms with Gasteiger partial charge in [0.15, 0.2) is 11.5 Å². The maximum absolute atomic E-state index is 13.0. The van der Waals surface area contributed by atoms with Crippen LogP contribution in [0.4, 0.5) is 20.2 Å². The van der Waals surface area contributed by atoms with Crippen molar-refractivity contribution in [2.24, 2.45) is 0 Å². The number of rotatable bonds is 3. The lowest BCUT2D eigenvalue weighted by atomic mass is 10.1. The molecule has 2 aromatic rings. The van der Waals surface area contributed by atoms with Gasteiger partial charge in [0, 0.05) is 17.3 Å². The van der Waals surface area contributed by atoms with Crippen molar-refractivity contribution < 1.29 is 28.0 Å². The average molecular weight is 336 g/mol. The highest BCUT2D eigenvalue weighted by Crippen LogP contribution is 2.42. The standard InChI is InChI=1S/C15H10F2N2O5/c1-8-3-2-4-10(13(8)19(21)22)14(20)18-9-5-6-11-12(7-9)24-15(16,17)23-11/h2-7H,1H3,(H,18,20). The molecule has 1 amide bonds. The molecule has 0 radical (unpaired) electrons. The predicted molar refractivity (Wildman–Crippen MR) is 78.4 cm³/mol. The highest BCUT2D eigenvalue weighted by molar-refractivity contribution is 6.07. The summed E-state index contributed by atoms with van der Waals surface area (Å²) in [5.41, 5.74) is 0.0131. The monoisotopic (exact) mass is 336 g/mol. The van der Waals surface area contributed by atoms with E-state index >= 15 is 0 Å². The van der Waals surface area contributed by atoms with Crippen LogP contribution in [-0.2, 0) is 0 Å². The van der Waals surface area contributed by atoms with Gasteiger partial charge in [-0.15, -0.1) is 8.78 Å². The Balaban J connectivity index is 1.87. The smallest absolute Gasteiger partial charge is 0.395 e. The maximum Gasteiger partial charge on any atom is 0.586 e. The number of carbonyl (C=O) groups excluding carboxylic acids is 1. The summed E-state index contributed by atoms with van der Waals surface area (Å²) in [7, 11) is 0. The zero-order valence-corrected chi connectivity index (χ0v) is 12.2. The van der Waals surface area contributed by atoms with Gasteiger partial charge in [-0.2, -0.15) is 0 Å². The topological polar surface area (TPSA) is 90.7 Å². The molecule has 2 aromatic carbocycles. The van der Waals surface area contributed by atoms with Crippen LogP contribution in [0.3, 0.4) is 0 Å². The number of nitrogens with one attached hydrogen (secondary N) is 1. The third kappa shape index (κ3) is 2.83. The molecule has 0 bridgehead atoms. The molecule has 0 spiro atoms. The van der Waals surface area contributed by atoms with Crippen LogP contribution in [0, 0.1) is 17.0 Å². The summed E-state index contributed by atoms with van der Waals surface area (Å²) in [6.07, 6.45) is -3.76. The van der Waals surface area contributed by atoms with Gasteiger partial charge in [0.05, 0.1) is 4.92 Å². The van der Waals surface area contributed by atoms with Gasteiger partial charge in [0.25, 0.3) is 11.6 Å². The highest BCUT2D eigenvalue weighted by Gasteiger charge is 2.43. The Morgan fingerprint density at radius 3 is 2.62 bits per heavy atom. The number of halogens is 2. The number of alkyl halides is 2. The van der Waals surface area contributed by atoms with E-state index in [1.54, 1.807) is 0 Å². The van der Waals surface area contributed by atoms with Gasteiger partial charge in [-0.3, -0.25) is 14.9 Å². The van der Waals surface area contributed by atoms with Crippen molar-refractivity contribution in [2.75, 3.05) is 5.32 Å². The molecule has 7 nitrogen and oxygen atoms in total. The number of anilines is 1. The van der Waals surface area contributed by atoms with Crippen molar-refractivity contribution in [3.8, 4) is 11.5 Å². The molecule has 0 aromatic heterocycles. The van der Waals surface area contributed by atoms with E-state index in [9.17, 15) is 23.7 Å². The summed E-state index contributed by atoms with van der Waals surface area (Å²) < 4.78 is 34.5. The van der Waals surface area contributed by atoms with Gasteiger partial charge in [0.1, 0.15) is 5.56 Å². The number of hydrogen-bond donors (Lipinski definition) is 1. The van der Waals surface area contributed by atoms with Crippen LogP contribution in [0.1, 0.15) is 15.9 Å². The summed E-state index contributed by atoms with van der Waals surface area (Å²) in [6, 6.07) is 8.01. The van der Waals surface area contributed by atoms with Crippen LogP contribution in [0.2, 0.25) is 0 Å². The van der Waals surface area contributed by atoms with E-state index in [1.165, 1.54) is 37.3 Å². The van der Waals surface area contributed by atoms with Crippen molar-refractivity contribution in [3.05, 3.63) is 57.6 Å². The lowest BCUT2D eigenvalue weighted by Crippen LogP contribution is -2.25. The molecule has 0 fully saturated rings. The molecule has 0 atom stereocenters. The molecule has 0 unspecified atom stereocenters. The van der Waals surface area contributed by atoms with Crippen molar-refractivity contribution in [2.45, 2.75) is 13.2 Å². The molecule has 0 aliphatic carbocycles. The maximum atomic E-state index is 13.0. The average Bonchev–Trinajstić information content (AvgIpc) is 2.79. The first kappa shape index (κ1) is 15.7. The summed E-state index contributed by atoms with van der Waals surface area (Å²) in [4.78, 5) is 22.8. The Morgan fingerprint density at radius 2 is 1.92 bits per heavy atom. The number of carbonyl (C=O) groups is 1. The van der Waals surface area contributed by atoms with Crippen LogP contribution >= 0.6 is 0 Å². The second kappa shape index (κ2) is 5.44. The minimum atomic E-state index is -3.76. The number of fused-ring (bicyclic) bond motifs is 1. The SMILES string of the molecule is Cc1cccc(C(=O)Nc2ccc3c(c2)OC(F)(F)O3)c1[N+](=O)[O-]. The number of ether oxygens (including phenoxy) is 2. The van der Waals surface area contributed by atoms with Crippen molar-refractivity contribution in [1.82, 2.24) is 0 Å². The highest BCUT2D eigenvalue weighted by atomic mass is 19.3. The molecule has 1 heterocycles. The zero-order chi connectivity index (χ0) is 17.5. The van der Waals surface area contributed by atoms with Gasteiger partial charge in [-0.25, -0.2) is 0 Å². The fourth-order valence-electron chi connectivity index (χ4n) is 2.31. The third-order valence-corrected chi connectivity index (χ3v) is 3.32. The van der Waals surface area contributed by atoms with E-state index in [0.717, 1.165) is 6.07 Å². The van der Waals surface area contributed by atoms with Crippen LogP contribution < -0.4 is 14.8 Å². The molecular weight excluding hydrogens is 326 g/mol. The van der Waals surface area contributed by atoms with Crippen LogP contribution in [0.5, 0.6) is 11.5 Å². The minimum absolute atomic E-state index is 0.135. The number of aryl methyl sites for hydroxylation is 1. The van der Waals surface area contributed by atoms with E-state index in [1.807, 2.05) is 0 Å². The van der Waals surface area contributed by atoms with Gasteiger partial charge >= 0.3 is 6.29 Å². The van der Waals surface area contributed by atoms with E-state index < -0.39 is 17.1 Å². The predicted octanol–water partition coefficient (Wildman–Crippen LogP) is 3.48. The zero-order valence-electron chi connectivity index (χ0n) is 12.2. The minimum Gasteiger partial charge on any atom is -0.395 e. The number of hydrogen-bond acceptors (Lipinski definition) is 5. The molecule has 0 saturated heterocycles. The third-order valence-electron chi connectivity index (χ3n) is 3.32. The van der Waals surface area contributed by atoms with Crippen LogP contribution in [0.15, 0.2) is 36.4 Å². The van der Waals surface area contributed by atoms with E-state index in [-0.39, 0.29) is 28.4 Å². The van der Waals surface area contributed by atoms with E-state index in [0.29, 0.717) is 5.56 Å². The van der Waals surface area contributed by atoms with Gasteiger partial charge in [-0.1, -0.05) is 12.1 Å². The number of nitro benzene ring substituents is 1. The second-order valence-corrected chi connectivity index (χ2v) is 5.01. The van der Waals surface area contributed by atoms with Gasteiger partial charge in [0.2, 0.25) is 0 Å². The number of para-hydroxylation sites is 1. The number of amides is 1. The summed E-state index contributed by atoms with van der Waals surface area (Å²) in [5, 5.41) is 13.5. The first-order valence-electron chi connectivity index (χ1n) is 6.72. The Hall–Kier alpha value is -3.23. The largest absolute Gasteiger partial charge is 0.586 e. The Morgan fingerprint density at radius 1 is 1.21 bits per heavy atom. The quantitative estimate of drug-likeness (QED) is 0.684. The number of benzene rings is 2. The van der Waals surface area contributed by atoms with E-state index in [4.69, 9.17) is 0 Å². The Labute approximate surface area is 134 Å². The molecular formula is C15H10F2N2O5. The molecule has 1 aliphatic heterocycles. The normalized spacial score (nSPS) is 14.3. The van der Waals surface area contributed by atoms with Crippen LogP contribution in [0.25, 0.3) is 0 Å². The molecule has 9 heteroatoms. The fourth-order valence-corrected chi connectivity index (χ4v) is 2.31. The molecule has 1 aliphatic rings. The van der Waals surface area contributed by atoms with Crippen molar-refractivity contribution in [1.29, 1.82) is 0 Å². The lowest BCUT2D eigenvalue weighted by molar-refractivity contribution is -0.385. The van der Waals surface area contributed by atoms with Crippen molar-refractivity contribution in [3.63, 3.8) is 0 Å². The fraction of sp³-hybridized carbons (Fsp3) is 0.133. The van der Waals surface area contributed by atoms with Crippen LogP contribution in [-0.4, -0.2) is 17.1 Å². The first-order chi connectivity index (χ1) is 11.3. The summed E-state index contributed by atoms with van der Waals surface area (Å²) >= 11 is 0. The van der Waals surface area contributed by atoms with Gasteiger partial charge in [-0.05, 0) is 25.1 Å². The van der Waals surface area contributed by atoms with Crippen molar-refractivity contribution >= 4 is 17.3 Å². The molecule has 1 N–H and O–H groups in total. The first-order valence-corrected chi connectivity index (χ1v) is 6.72. The van der Waals surface area contributed by atoms with E-state index in [2.05, 4.69) is 14.8 Å². The van der Waals surface area contributed by atoms with Gasteiger partial charge < -0.3 is 14.8 Å². The molecule has 3 rings (SSSR count). The Kier molecular flexibility index (Phi) is 3.55. The summed E-state index contributed by atoms with van der Waals surface area (Å²) in [6.45, 7) is 1.51.